The minimum Gasteiger partial charge on any atom is -0.506 e. The zero-order chi connectivity index (χ0) is 29.2. The number of carboxylic acid groups (broad SMARTS) is 1. The number of carbonyl (C=O) groups excluding carboxylic acids is 2. The number of carbonyl (C=O) groups is 3. The van der Waals surface area contributed by atoms with Gasteiger partial charge in [0.25, 0.3) is 5.91 Å². The minimum absolute atomic E-state index is 0.0953. The van der Waals surface area contributed by atoms with E-state index in [-0.39, 0.29) is 53.8 Å². The van der Waals surface area contributed by atoms with Gasteiger partial charge in [0, 0.05) is 13.1 Å². The average molecular weight is 566 g/mol. The molecule has 1 unspecified atom stereocenters. The Morgan fingerprint density at radius 2 is 1.88 bits per heavy atom. The van der Waals surface area contributed by atoms with Gasteiger partial charge in [-0.2, -0.15) is 18.3 Å². The van der Waals surface area contributed by atoms with E-state index in [0.717, 1.165) is 6.20 Å². The summed E-state index contributed by atoms with van der Waals surface area (Å²) in [6.07, 6.45) is -3.94. The van der Waals surface area contributed by atoms with Gasteiger partial charge in [0.1, 0.15) is 23.6 Å². The van der Waals surface area contributed by atoms with Gasteiger partial charge in [-0.05, 0) is 29.8 Å². The second kappa shape index (κ2) is 11.3. The van der Waals surface area contributed by atoms with E-state index in [4.69, 9.17) is 14.6 Å². The van der Waals surface area contributed by atoms with Crippen molar-refractivity contribution in [3.05, 3.63) is 69.8 Å². The quantitative estimate of drug-likeness (QED) is 0.456. The predicted octanol–water partition coefficient (Wildman–Crippen LogP) is 1.61. The molecule has 15 heteroatoms. The van der Waals surface area contributed by atoms with Crippen LogP contribution in [0.15, 0.2) is 47.4 Å². The van der Waals surface area contributed by atoms with Gasteiger partial charge in [-0.25, -0.2) is 9.18 Å². The highest BCUT2D eigenvalue weighted by Crippen LogP contribution is 2.23. The number of aromatic nitrogens is 2. The number of benzene rings is 2. The van der Waals surface area contributed by atoms with Crippen molar-refractivity contribution in [1.29, 1.82) is 0 Å². The van der Waals surface area contributed by atoms with Gasteiger partial charge >= 0.3 is 12.1 Å². The van der Waals surface area contributed by atoms with Gasteiger partial charge in [0.05, 0.1) is 42.9 Å². The number of phenols is 1. The number of para-hydroxylation sites is 1. The maximum Gasteiger partial charge on any atom is 0.490 e. The molecule has 2 N–H and O–H groups in total. The number of rotatable bonds is 3. The number of aliphatic carboxylic acids is 1. The lowest BCUT2D eigenvalue weighted by Crippen LogP contribution is -2.61. The van der Waals surface area contributed by atoms with E-state index in [1.807, 2.05) is 0 Å². The van der Waals surface area contributed by atoms with Crippen molar-refractivity contribution in [3.63, 3.8) is 0 Å². The summed E-state index contributed by atoms with van der Waals surface area (Å²) in [7, 11) is 0. The lowest BCUT2D eigenvalue weighted by atomic mass is 10.1. The van der Waals surface area contributed by atoms with Crippen LogP contribution in [-0.2, 0) is 20.9 Å². The highest BCUT2D eigenvalue weighted by molar-refractivity contribution is 5.97. The standard InChI is InChI=1S/C23H21FN4O5.C2HF3O2/c24-18-5-4-14(10-28-22-16(20(30)9-25-28)2-1-3-19(22)29)8-17(18)23(32)26-11-15-13-33-7-6-27(15)21(31)12-26;3-2(4,5)1(6)7/h1-5,8-9,15,29H,6-7,10-13H2;(H,6,7). The average Bonchev–Trinajstić information content (AvgIpc) is 2.91. The molecule has 212 valence electrons. The van der Waals surface area contributed by atoms with Crippen LogP contribution in [0, 0.1) is 5.82 Å². The molecule has 3 aromatic rings. The molecule has 2 saturated heterocycles. The number of piperazine rings is 1. The topological polar surface area (TPSA) is 142 Å². The van der Waals surface area contributed by atoms with Crippen LogP contribution in [0.3, 0.4) is 0 Å². The molecule has 2 aliphatic rings. The largest absolute Gasteiger partial charge is 0.506 e. The molecule has 11 nitrogen and oxygen atoms in total. The first-order valence-electron chi connectivity index (χ1n) is 11.8. The number of halogens is 4. The van der Waals surface area contributed by atoms with Crippen LogP contribution in [0.5, 0.6) is 5.75 Å². The summed E-state index contributed by atoms with van der Waals surface area (Å²) in [5, 5.41) is 21.8. The Hall–Kier alpha value is -4.53. The number of nitrogens with zero attached hydrogens (tertiary/aromatic N) is 4. The molecule has 2 amide bonds. The Labute approximate surface area is 222 Å². The Balaban J connectivity index is 0.000000470. The van der Waals surface area contributed by atoms with Crippen LogP contribution in [0.1, 0.15) is 15.9 Å². The normalized spacial score (nSPS) is 17.2. The molecule has 3 heterocycles. The zero-order valence-electron chi connectivity index (χ0n) is 20.6. The van der Waals surface area contributed by atoms with Gasteiger partial charge in [-0.3, -0.25) is 19.1 Å². The van der Waals surface area contributed by atoms with Crippen molar-refractivity contribution >= 4 is 28.7 Å². The van der Waals surface area contributed by atoms with Crippen LogP contribution >= 0.6 is 0 Å². The molecule has 0 aliphatic carbocycles. The molecule has 0 radical (unpaired) electrons. The lowest BCUT2D eigenvalue weighted by Gasteiger charge is -2.43. The molecular formula is C25H22F4N4O7. The van der Waals surface area contributed by atoms with Gasteiger partial charge in [-0.1, -0.05) is 12.1 Å². The van der Waals surface area contributed by atoms with Crippen molar-refractivity contribution in [2.24, 2.45) is 0 Å². The first kappa shape index (κ1) is 28.5. The highest BCUT2D eigenvalue weighted by Gasteiger charge is 2.38. The van der Waals surface area contributed by atoms with Crippen molar-refractivity contribution in [2.45, 2.75) is 18.8 Å². The monoisotopic (exact) mass is 566 g/mol. The molecule has 0 bridgehead atoms. The first-order chi connectivity index (χ1) is 18.9. The number of aromatic hydroxyl groups is 1. The Morgan fingerprint density at radius 1 is 1.15 bits per heavy atom. The molecule has 2 aliphatic heterocycles. The van der Waals surface area contributed by atoms with Gasteiger partial charge < -0.3 is 24.7 Å². The Morgan fingerprint density at radius 3 is 2.58 bits per heavy atom. The van der Waals surface area contributed by atoms with Crippen LogP contribution in [-0.4, -0.2) is 92.6 Å². The van der Waals surface area contributed by atoms with E-state index in [1.54, 1.807) is 17.0 Å². The number of amides is 2. The molecule has 1 atom stereocenters. The van der Waals surface area contributed by atoms with E-state index in [9.17, 15) is 37.1 Å². The third-order valence-corrected chi connectivity index (χ3v) is 6.28. The van der Waals surface area contributed by atoms with E-state index in [2.05, 4.69) is 5.10 Å². The van der Waals surface area contributed by atoms with Gasteiger partial charge in [-0.15, -0.1) is 0 Å². The Kier molecular flexibility index (Phi) is 8.04. The highest BCUT2D eigenvalue weighted by atomic mass is 19.4. The summed E-state index contributed by atoms with van der Waals surface area (Å²) in [4.78, 5) is 49.6. The first-order valence-corrected chi connectivity index (χ1v) is 11.8. The summed E-state index contributed by atoms with van der Waals surface area (Å²) in [5.74, 6) is -4.32. The number of ether oxygens (including phenoxy) is 1. The van der Waals surface area contributed by atoms with Crippen LogP contribution in [0.2, 0.25) is 0 Å². The maximum atomic E-state index is 14.6. The molecular weight excluding hydrogens is 544 g/mol. The summed E-state index contributed by atoms with van der Waals surface area (Å²) in [6, 6.07) is 8.47. The molecule has 2 fully saturated rings. The van der Waals surface area contributed by atoms with Crippen molar-refractivity contribution in [2.75, 3.05) is 32.8 Å². The fraction of sp³-hybridized carbons (Fsp3) is 0.320. The third-order valence-electron chi connectivity index (χ3n) is 6.28. The summed E-state index contributed by atoms with van der Waals surface area (Å²) >= 11 is 0. The molecule has 0 saturated carbocycles. The van der Waals surface area contributed by atoms with E-state index >= 15 is 0 Å². The SMILES string of the molecule is O=C(O)C(F)(F)F.O=C(c1cc(Cn2ncc(=O)c3cccc(O)c32)ccc1F)N1CC(=O)N2CCOCC2C1. The van der Waals surface area contributed by atoms with Crippen molar-refractivity contribution < 1.29 is 46.9 Å². The number of phenolic OH excluding ortho intramolecular Hbond substituents is 1. The second-order valence-electron chi connectivity index (χ2n) is 8.96. The van der Waals surface area contributed by atoms with Crippen LogP contribution < -0.4 is 5.43 Å². The molecule has 1 aromatic heterocycles. The second-order valence-corrected chi connectivity index (χ2v) is 8.96. The number of hydrogen-bond donors (Lipinski definition) is 2. The number of alkyl halides is 3. The van der Waals surface area contributed by atoms with Gasteiger partial charge in [0.15, 0.2) is 0 Å². The summed E-state index contributed by atoms with van der Waals surface area (Å²) in [5.41, 5.74) is 0.315. The molecule has 0 spiro atoms. The van der Waals surface area contributed by atoms with E-state index in [1.165, 1.54) is 33.8 Å². The molecule has 40 heavy (non-hydrogen) atoms. The van der Waals surface area contributed by atoms with Crippen LogP contribution in [0.25, 0.3) is 10.9 Å². The number of hydrogen-bond acceptors (Lipinski definition) is 7. The fourth-order valence-corrected chi connectivity index (χ4v) is 4.41. The maximum absolute atomic E-state index is 14.6. The number of carboxylic acids is 1. The van der Waals surface area contributed by atoms with Gasteiger partial charge in [0.2, 0.25) is 11.3 Å². The summed E-state index contributed by atoms with van der Waals surface area (Å²) < 4.78 is 53.2. The fourth-order valence-electron chi connectivity index (χ4n) is 4.41. The number of morpholine rings is 1. The van der Waals surface area contributed by atoms with Crippen LogP contribution in [0.4, 0.5) is 17.6 Å². The van der Waals surface area contributed by atoms with Crippen molar-refractivity contribution in [3.8, 4) is 5.75 Å². The van der Waals surface area contributed by atoms with E-state index in [0.29, 0.717) is 30.7 Å². The summed E-state index contributed by atoms with van der Waals surface area (Å²) in [6.45, 7) is 1.55. The van der Waals surface area contributed by atoms with E-state index < -0.39 is 23.9 Å². The Bertz CT molecular complexity index is 1530. The predicted molar refractivity (Wildman–Crippen MR) is 129 cm³/mol. The molecule has 2 aromatic carbocycles. The zero-order valence-corrected chi connectivity index (χ0v) is 20.6. The molecule has 5 rings (SSSR count). The van der Waals surface area contributed by atoms with Crippen molar-refractivity contribution in [1.82, 2.24) is 19.6 Å². The smallest absolute Gasteiger partial charge is 0.490 e. The minimum atomic E-state index is -5.08. The third kappa shape index (κ3) is 6.03. The lowest BCUT2D eigenvalue weighted by molar-refractivity contribution is -0.192. The number of fused-ring (bicyclic) bond motifs is 2.